The van der Waals surface area contributed by atoms with Gasteiger partial charge < -0.3 is 15.4 Å². The molecule has 0 unspecified atom stereocenters. The van der Waals surface area contributed by atoms with E-state index in [1.54, 1.807) is 12.1 Å². The fraction of sp³-hybridized carbons (Fsp3) is 0.462. The molecule has 0 aliphatic carbocycles. The molecule has 0 spiro atoms. The van der Waals surface area contributed by atoms with E-state index in [9.17, 15) is 18.0 Å². The van der Waals surface area contributed by atoms with E-state index in [2.05, 4.69) is 15.4 Å². The normalized spacial score (nSPS) is 14.8. The van der Waals surface area contributed by atoms with Gasteiger partial charge in [-0.2, -0.15) is 13.2 Å². The highest BCUT2D eigenvalue weighted by Crippen LogP contribution is 2.23. The molecule has 0 saturated carbocycles. The van der Waals surface area contributed by atoms with E-state index < -0.39 is 25.3 Å². The molecule has 20 heavy (non-hydrogen) atoms. The maximum absolute atomic E-state index is 11.9. The van der Waals surface area contributed by atoms with Crippen LogP contribution in [0.25, 0.3) is 0 Å². The fourth-order valence-electron chi connectivity index (χ4n) is 2.09. The van der Waals surface area contributed by atoms with Crippen molar-refractivity contribution in [2.24, 2.45) is 0 Å². The van der Waals surface area contributed by atoms with Crippen molar-refractivity contribution in [1.82, 2.24) is 5.32 Å². The molecule has 0 aromatic heterocycles. The minimum atomic E-state index is -4.42. The zero-order valence-electron chi connectivity index (χ0n) is 10.7. The number of carbonyl (C=O) groups excluding carboxylic acids is 1. The van der Waals surface area contributed by atoms with Gasteiger partial charge in [0, 0.05) is 12.2 Å². The van der Waals surface area contributed by atoms with E-state index >= 15 is 0 Å². The Bertz CT molecular complexity index is 489. The molecule has 0 saturated heterocycles. The van der Waals surface area contributed by atoms with Crippen LogP contribution in [0.15, 0.2) is 18.2 Å². The van der Waals surface area contributed by atoms with Crippen LogP contribution in [0.4, 0.5) is 18.9 Å². The number of alkyl halides is 3. The number of amides is 1. The Morgan fingerprint density at radius 3 is 2.95 bits per heavy atom. The number of hydrogen-bond donors (Lipinski definition) is 2. The molecule has 1 aromatic rings. The maximum Gasteiger partial charge on any atom is 0.411 e. The predicted molar refractivity (Wildman–Crippen MR) is 67.4 cm³/mol. The highest BCUT2D eigenvalue weighted by molar-refractivity contribution is 5.92. The van der Waals surface area contributed by atoms with Crippen molar-refractivity contribution in [3.05, 3.63) is 29.3 Å². The Morgan fingerprint density at radius 2 is 2.20 bits per heavy atom. The predicted octanol–water partition coefficient (Wildman–Crippen LogP) is 1.85. The van der Waals surface area contributed by atoms with Crippen molar-refractivity contribution in [3.8, 4) is 0 Å². The molecule has 0 atom stereocenters. The van der Waals surface area contributed by atoms with Gasteiger partial charge in [0.2, 0.25) is 5.91 Å². The Kier molecular flexibility index (Phi) is 4.61. The van der Waals surface area contributed by atoms with Gasteiger partial charge in [-0.15, -0.1) is 0 Å². The lowest BCUT2D eigenvalue weighted by Crippen LogP contribution is -2.27. The van der Waals surface area contributed by atoms with Gasteiger partial charge >= 0.3 is 6.18 Å². The number of nitrogens with one attached hydrogen (secondary N) is 2. The lowest BCUT2D eigenvalue weighted by atomic mass is 9.99. The molecule has 2 rings (SSSR count). The second-order valence-corrected chi connectivity index (χ2v) is 4.53. The van der Waals surface area contributed by atoms with Gasteiger partial charge in [0.25, 0.3) is 0 Å². The van der Waals surface area contributed by atoms with E-state index in [0.29, 0.717) is 5.69 Å². The van der Waals surface area contributed by atoms with Crippen LogP contribution in [0.2, 0.25) is 0 Å². The summed E-state index contributed by atoms with van der Waals surface area (Å²) in [7, 11) is 0. The summed E-state index contributed by atoms with van der Waals surface area (Å²) < 4.78 is 40.0. The minimum absolute atomic E-state index is 0.582. The van der Waals surface area contributed by atoms with Gasteiger partial charge in [0.1, 0.15) is 13.2 Å². The minimum Gasteiger partial charge on any atom is -0.362 e. The van der Waals surface area contributed by atoms with E-state index in [4.69, 9.17) is 0 Å². The molecule has 1 aliphatic rings. The van der Waals surface area contributed by atoms with Gasteiger partial charge in [-0.1, -0.05) is 12.1 Å². The number of halogens is 3. The molecule has 2 N–H and O–H groups in total. The van der Waals surface area contributed by atoms with Gasteiger partial charge in [0.05, 0.1) is 0 Å². The molecule has 4 nitrogen and oxygen atoms in total. The molecule has 1 heterocycles. The fourth-order valence-corrected chi connectivity index (χ4v) is 2.09. The zero-order chi connectivity index (χ0) is 14.6. The summed E-state index contributed by atoms with van der Waals surface area (Å²) in [4.78, 5) is 11.6. The Hall–Kier alpha value is -1.60. The molecule has 1 aromatic carbocycles. The van der Waals surface area contributed by atoms with Gasteiger partial charge in [0.15, 0.2) is 0 Å². The van der Waals surface area contributed by atoms with Crippen LogP contribution in [-0.4, -0.2) is 31.8 Å². The van der Waals surface area contributed by atoms with Crippen LogP contribution in [0.3, 0.4) is 0 Å². The van der Waals surface area contributed by atoms with E-state index in [-0.39, 0.29) is 0 Å². The number of carbonyl (C=O) groups is 1. The number of anilines is 1. The molecule has 0 bridgehead atoms. The molecular weight excluding hydrogens is 273 g/mol. The number of fused-ring (bicyclic) bond motifs is 1. The standard InChI is InChI=1S/C13H15F3N2O2/c14-13(15,16)8-20-7-12(19)18-11-3-1-2-9-6-17-5-4-10(9)11/h1-3,17H,4-8H2,(H,18,19). The second kappa shape index (κ2) is 6.23. The highest BCUT2D eigenvalue weighted by atomic mass is 19.4. The van der Waals surface area contributed by atoms with Crippen molar-refractivity contribution in [3.63, 3.8) is 0 Å². The summed E-state index contributed by atoms with van der Waals surface area (Å²) >= 11 is 0. The zero-order valence-corrected chi connectivity index (χ0v) is 10.7. The first-order valence-corrected chi connectivity index (χ1v) is 6.21. The quantitative estimate of drug-likeness (QED) is 0.889. The van der Waals surface area contributed by atoms with Gasteiger partial charge in [-0.3, -0.25) is 4.79 Å². The van der Waals surface area contributed by atoms with Crippen molar-refractivity contribution in [2.45, 2.75) is 19.1 Å². The van der Waals surface area contributed by atoms with Crippen LogP contribution in [0.1, 0.15) is 11.1 Å². The van der Waals surface area contributed by atoms with Crippen molar-refractivity contribution < 1.29 is 22.7 Å². The lowest BCUT2D eigenvalue weighted by Gasteiger charge is -2.20. The second-order valence-electron chi connectivity index (χ2n) is 4.53. The van der Waals surface area contributed by atoms with Crippen molar-refractivity contribution >= 4 is 11.6 Å². The summed E-state index contributed by atoms with van der Waals surface area (Å²) in [5.74, 6) is -0.582. The Balaban J connectivity index is 1.91. The third-order valence-corrected chi connectivity index (χ3v) is 2.91. The average Bonchev–Trinajstić information content (AvgIpc) is 2.37. The smallest absolute Gasteiger partial charge is 0.362 e. The molecular formula is C13H15F3N2O2. The molecule has 0 radical (unpaired) electrons. The number of rotatable bonds is 4. The van der Waals surface area contributed by atoms with Crippen molar-refractivity contribution in [2.75, 3.05) is 25.1 Å². The number of ether oxygens (including phenoxy) is 1. The third-order valence-electron chi connectivity index (χ3n) is 2.91. The summed E-state index contributed by atoms with van der Waals surface area (Å²) in [6.07, 6.45) is -3.65. The number of hydrogen-bond acceptors (Lipinski definition) is 3. The highest BCUT2D eigenvalue weighted by Gasteiger charge is 2.27. The monoisotopic (exact) mass is 288 g/mol. The third kappa shape index (κ3) is 4.21. The molecule has 110 valence electrons. The van der Waals surface area contributed by atoms with E-state index in [0.717, 1.165) is 30.6 Å². The van der Waals surface area contributed by atoms with Gasteiger partial charge in [-0.25, -0.2) is 0 Å². The Morgan fingerprint density at radius 1 is 1.40 bits per heavy atom. The van der Waals surface area contributed by atoms with Crippen LogP contribution < -0.4 is 10.6 Å². The molecule has 7 heteroatoms. The summed E-state index contributed by atoms with van der Waals surface area (Å²) in [5.41, 5.74) is 2.75. The topological polar surface area (TPSA) is 50.4 Å². The van der Waals surface area contributed by atoms with Crippen LogP contribution in [-0.2, 0) is 22.5 Å². The van der Waals surface area contributed by atoms with E-state index in [1.165, 1.54) is 0 Å². The largest absolute Gasteiger partial charge is 0.411 e. The van der Waals surface area contributed by atoms with Crippen molar-refractivity contribution in [1.29, 1.82) is 0 Å². The maximum atomic E-state index is 11.9. The SMILES string of the molecule is O=C(COCC(F)(F)F)Nc1cccc2c1CCNC2. The Labute approximate surface area is 114 Å². The lowest BCUT2D eigenvalue weighted by molar-refractivity contribution is -0.174. The summed E-state index contributed by atoms with van der Waals surface area (Å²) in [6, 6.07) is 5.50. The first-order chi connectivity index (χ1) is 9.46. The van der Waals surface area contributed by atoms with Crippen LogP contribution in [0, 0.1) is 0 Å². The molecule has 0 fully saturated rings. The van der Waals surface area contributed by atoms with Crippen LogP contribution in [0.5, 0.6) is 0 Å². The molecule has 1 amide bonds. The van der Waals surface area contributed by atoms with Crippen LogP contribution >= 0.6 is 0 Å². The first kappa shape index (κ1) is 14.8. The van der Waals surface area contributed by atoms with Gasteiger partial charge in [-0.05, 0) is 30.2 Å². The summed E-state index contributed by atoms with van der Waals surface area (Å²) in [6.45, 7) is -0.493. The number of benzene rings is 1. The molecule has 1 aliphatic heterocycles. The summed E-state index contributed by atoms with van der Waals surface area (Å²) in [5, 5.41) is 5.81. The first-order valence-electron chi connectivity index (χ1n) is 6.21. The average molecular weight is 288 g/mol. The van der Waals surface area contributed by atoms with E-state index in [1.807, 2.05) is 6.07 Å².